The van der Waals surface area contributed by atoms with Gasteiger partial charge in [0, 0.05) is 11.8 Å². The van der Waals surface area contributed by atoms with E-state index < -0.39 is 0 Å². The highest BCUT2D eigenvalue weighted by molar-refractivity contribution is 7.13. The first-order chi connectivity index (χ1) is 13.2. The number of methoxy groups -OCH3 is 1. The largest absolute Gasteiger partial charge is 0.497 e. The summed E-state index contributed by atoms with van der Waals surface area (Å²) in [5.41, 5.74) is 5.86. The van der Waals surface area contributed by atoms with Crippen LogP contribution >= 0.6 is 11.3 Å². The van der Waals surface area contributed by atoms with Crippen molar-refractivity contribution in [1.29, 1.82) is 0 Å². The van der Waals surface area contributed by atoms with Gasteiger partial charge in [-0.3, -0.25) is 0 Å². The Labute approximate surface area is 164 Å². The zero-order chi connectivity index (χ0) is 18.8. The number of nitrogens with zero attached hydrogens (tertiary/aromatic N) is 3. The highest BCUT2D eigenvalue weighted by Gasteiger charge is 2.31. The van der Waals surface area contributed by atoms with Crippen LogP contribution < -0.4 is 9.75 Å². The van der Waals surface area contributed by atoms with Crippen LogP contribution in [0.3, 0.4) is 0 Å². The maximum absolute atomic E-state index is 5.28. The summed E-state index contributed by atoms with van der Waals surface area (Å²) in [6, 6.07) is 17.2. The summed E-state index contributed by atoms with van der Waals surface area (Å²) in [5, 5.41) is 10.1. The summed E-state index contributed by atoms with van der Waals surface area (Å²) in [6.07, 6.45) is 1.91. The third kappa shape index (κ3) is 3.60. The van der Waals surface area contributed by atoms with Crippen LogP contribution in [-0.4, -0.2) is 17.8 Å². The van der Waals surface area contributed by atoms with Crippen LogP contribution in [0.25, 0.3) is 0 Å². The van der Waals surface area contributed by atoms with E-state index in [0.717, 1.165) is 40.7 Å². The van der Waals surface area contributed by atoms with Gasteiger partial charge in [0.15, 0.2) is 0 Å². The van der Waals surface area contributed by atoms with Crippen molar-refractivity contribution in [3.05, 3.63) is 76.3 Å². The van der Waals surface area contributed by atoms with Crippen LogP contribution in [0.1, 0.15) is 41.8 Å². The van der Waals surface area contributed by atoms with Gasteiger partial charge in [0.05, 0.1) is 24.6 Å². The molecule has 0 spiro atoms. The Hall–Kier alpha value is -2.66. The van der Waals surface area contributed by atoms with Crippen molar-refractivity contribution >= 4 is 22.2 Å². The topological polar surface area (TPSA) is 37.7 Å². The van der Waals surface area contributed by atoms with Gasteiger partial charge in [0.25, 0.3) is 0 Å². The molecule has 4 rings (SSSR count). The average Bonchev–Trinajstić information content (AvgIpc) is 3.34. The number of ether oxygens (including phenoxy) is 1. The normalized spacial score (nSPS) is 16.5. The molecule has 1 atom stereocenters. The summed E-state index contributed by atoms with van der Waals surface area (Å²) < 4.78 is 5.28. The molecule has 0 radical (unpaired) electrons. The molecule has 0 saturated carbocycles. The standard InChI is InChI=1S/C22H23N3OS/c1-4-16-5-7-18(8-6-16)21-13-20(17-9-11-19(26-3)12-10-17)24-25(21)22-23-15(2)14-27-22/h5-12,14,21H,4,13H2,1-3H3/t21-/m1/s1. The Kier molecular flexibility index (Phi) is 4.94. The summed E-state index contributed by atoms with van der Waals surface area (Å²) in [4.78, 5) is 4.68. The molecular weight excluding hydrogens is 354 g/mol. The summed E-state index contributed by atoms with van der Waals surface area (Å²) >= 11 is 1.64. The van der Waals surface area contributed by atoms with Gasteiger partial charge < -0.3 is 4.74 Å². The molecule has 0 saturated heterocycles. The van der Waals surface area contributed by atoms with E-state index >= 15 is 0 Å². The molecule has 3 aromatic rings. The molecule has 5 heteroatoms. The van der Waals surface area contributed by atoms with E-state index in [4.69, 9.17) is 9.84 Å². The molecule has 0 bridgehead atoms. The Balaban J connectivity index is 1.69. The van der Waals surface area contributed by atoms with Gasteiger partial charge in [-0.2, -0.15) is 5.10 Å². The highest BCUT2D eigenvalue weighted by Crippen LogP contribution is 2.38. The molecule has 1 aliphatic rings. The Bertz CT molecular complexity index is 944. The smallest absolute Gasteiger partial charge is 0.206 e. The third-order valence-corrected chi connectivity index (χ3v) is 5.86. The van der Waals surface area contributed by atoms with Crippen molar-refractivity contribution in [3.8, 4) is 5.75 Å². The minimum atomic E-state index is 0.165. The number of thiazole rings is 1. The average molecular weight is 378 g/mol. The zero-order valence-corrected chi connectivity index (χ0v) is 16.7. The molecule has 4 nitrogen and oxygen atoms in total. The number of rotatable bonds is 5. The van der Waals surface area contributed by atoms with Gasteiger partial charge in [0.2, 0.25) is 5.13 Å². The quantitative estimate of drug-likeness (QED) is 0.599. The lowest BCUT2D eigenvalue weighted by molar-refractivity contribution is 0.415. The second-order valence-corrected chi connectivity index (χ2v) is 7.54. The summed E-state index contributed by atoms with van der Waals surface area (Å²) in [5.74, 6) is 0.858. The van der Waals surface area contributed by atoms with Crippen LogP contribution in [0.15, 0.2) is 59.0 Å². The first-order valence-corrected chi connectivity index (χ1v) is 10.1. The maximum Gasteiger partial charge on any atom is 0.206 e. The zero-order valence-electron chi connectivity index (χ0n) is 15.8. The van der Waals surface area contributed by atoms with E-state index in [1.165, 1.54) is 11.1 Å². The number of aromatic nitrogens is 1. The van der Waals surface area contributed by atoms with Crippen LogP contribution in [0.5, 0.6) is 5.75 Å². The predicted octanol–water partition coefficient (Wildman–Crippen LogP) is 5.38. The molecule has 0 N–H and O–H groups in total. The van der Waals surface area contributed by atoms with Crippen molar-refractivity contribution in [2.75, 3.05) is 12.1 Å². The lowest BCUT2D eigenvalue weighted by Gasteiger charge is -2.21. The maximum atomic E-state index is 5.28. The van der Waals surface area contributed by atoms with Crippen LogP contribution in [-0.2, 0) is 6.42 Å². The van der Waals surface area contributed by atoms with E-state index in [1.807, 2.05) is 19.1 Å². The van der Waals surface area contributed by atoms with Gasteiger partial charge in [0.1, 0.15) is 5.75 Å². The Morgan fingerprint density at radius 2 is 1.85 bits per heavy atom. The first kappa shape index (κ1) is 17.7. The fourth-order valence-electron chi connectivity index (χ4n) is 3.33. The van der Waals surface area contributed by atoms with Crippen molar-refractivity contribution < 1.29 is 4.74 Å². The SMILES string of the molecule is CCc1ccc([C@H]2CC(c3ccc(OC)cc3)=NN2c2nc(C)cs2)cc1. The van der Waals surface area contributed by atoms with Gasteiger partial charge in [-0.05, 0) is 54.3 Å². The van der Waals surface area contributed by atoms with Crippen molar-refractivity contribution in [2.45, 2.75) is 32.7 Å². The van der Waals surface area contributed by atoms with E-state index in [2.05, 4.69) is 58.7 Å². The van der Waals surface area contributed by atoms with Crippen LogP contribution in [0.4, 0.5) is 5.13 Å². The molecule has 27 heavy (non-hydrogen) atoms. The number of hydrazone groups is 1. The van der Waals surface area contributed by atoms with E-state index in [-0.39, 0.29) is 6.04 Å². The second kappa shape index (κ2) is 7.53. The van der Waals surface area contributed by atoms with Crippen molar-refractivity contribution in [2.24, 2.45) is 5.10 Å². The summed E-state index contributed by atoms with van der Waals surface area (Å²) in [6.45, 7) is 4.20. The van der Waals surface area contributed by atoms with Crippen LogP contribution in [0, 0.1) is 6.92 Å². The third-order valence-electron chi connectivity index (χ3n) is 4.91. The summed E-state index contributed by atoms with van der Waals surface area (Å²) in [7, 11) is 1.69. The van der Waals surface area contributed by atoms with E-state index in [1.54, 1.807) is 18.4 Å². The lowest BCUT2D eigenvalue weighted by atomic mass is 9.97. The van der Waals surface area contributed by atoms with Gasteiger partial charge in [-0.15, -0.1) is 11.3 Å². The molecule has 0 amide bonds. The molecule has 138 valence electrons. The van der Waals surface area contributed by atoms with Crippen LogP contribution in [0.2, 0.25) is 0 Å². The monoisotopic (exact) mass is 377 g/mol. The number of anilines is 1. The van der Waals surface area contributed by atoms with Gasteiger partial charge >= 0.3 is 0 Å². The molecule has 0 fully saturated rings. The molecule has 2 aromatic carbocycles. The molecule has 0 aliphatic carbocycles. The Morgan fingerprint density at radius 1 is 1.11 bits per heavy atom. The van der Waals surface area contributed by atoms with Gasteiger partial charge in [-0.1, -0.05) is 31.2 Å². The Morgan fingerprint density at radius 3 is 2.44 bits per heavy atom. The van der Waals surface area contributed by atoms with Crippen molar-refractivity contribution in [3.63, 3.8) is 0 Å². The van der Waals surface area contributed by atoms with E-state index in [9.17, 15) is 0 Å². The molecule has 2 heterocycles. The number of hydrogen-bond donors (Lipinski definition) is 0. The molecular formula is C22H23N3OS. The molecule has 1 aliphatic heterocycles. The minimum absolute atomic E-state index is 0.165. The molecule has 1 aromatic heterocycles. The number of aryl methyl sites for hydroxylation is 2. The fraction of sp³-hybridized carbons (Fsp3) is 0.273. The van der Waals surface area contributed by atoms with Gasteiger partial charge in [-0.25, -0.2) is 9.99 Å². The fourth-order valence-corrected chi connectivity index (χ4v) is 4.13. The van der Waals surface area contributed by atoms with Crippen molar-refractivity contribution in [1.82, 2.24) is 4.98 Å². The minimum Gasteiger partial charge on any atom is -0.497 e. The number of hydrogen-bond acceptors (Lipinski definition) is 5. The molecule has 0 unspecified atom stereocenters. The highest BCUT2D eigenvalue weighted by atomic mass is 32.1. The first-order valence-electron chi connectivity index (χ1n) is 9.20. The van der Waals surface area contributed by atoms with E-state index in [0.29, 0.717) is 0 Å². The lowest BCUT2D eigenvalue weighted by Crippen LogP contribution is -2.18. The number of benzene rings is 2. The second-order valence-electron chi connectivity index (χ2n) is 6.71. The predicted molar refractivity (Wildman–Crippen MR) is 112 cm³/mol.